The second-order valence-corrected chi connectivity index (χ2v) is 8.90. The number of pyridine rings is 1. The summed E-state index contributed by atoms with van der Waals surface area (Å²) in [7, 11) is -3.56. The first-order valence-corrected chi connectivity index (χ1v) is 10.7. The van der Waals surface area contributed by atoms with Crippen LogP contribution in [0.5, 0.6) is 0 Å². The summed E-state index contributed by atoms with van der Waals surface area (Å²) in [4.78, 5) is 4.34. The molecular formula is C21H24ClN3O2S. The predicted octanol–water partition coefficient (Wildman–Crippen LogP) is 3.08. The molecule has 148 valence electrons. The molecule has 0 aliphatic heterocycles. The van der Waals surface area contributed by atoms with Crippen molar-refractivity contribution in [1.29, 1.82) is 0 Å². The van der Waals surface area contributed by atoms with Gasteiger partial charge in [-0.1, -0.05) is 30.3 Å². The Morgan fingerprint density at radius 1 is 1.07 bits per heavy atom. The highest BCUT2D eigenvalue weighted by molar-refractivity contribution is 7.89. The smallest absolute Gasteiger partial charge is 0.240 e. The number of nitrogens with one attached hydrogen (secondary N) is 2. The van der Waals surface area contributed by atoms with E-state index in [0.717, 1.165) is 23.6 Å². The molecule has 1 aliphatic carbocycles. The fourth-order valence-electron chi connectivity index (χ4n) is 3.65. The third-order valence-corrected chi connectivity index (χ3v) is 6.63. The van der Waals surface area contributed by atoms with Crippen molar-refractivity contribution in [2.75, 3.05) is 6.54 Å². The van der Waals surface area contributed by atoms with Gasteiger partial charge >= 0.3 is 0 Å². The zero-order valence-corrected chi connectivity index (χ0v) is 17.3. The number of halogens is 1. The second-order valence-electron chi connectivity index (χ2n) is 7.19. The number of rotatable bonds is 6. The maximum Gasteiger partial charge on any atom is 0.240 e. The molecule has 0 saturated heterocycles. The molecule has 0 unspecified atom stereocenters. The van der Waals surface area contributed by atoms with Crippen LogP contribution in [0.15, 0.2) is 65.8 Å². The number of benzene rings is 2. The van der Waals surface area contributed by atoms with Crippen LogP contribution in [-0.2, 0) is 22.9 Å². The number of aromatic nitrogens is 1. The zero-order chi connectivity index (χ0) is 18.9. The number of fused-ring (bicyclic) bond motifs is 2. The van der Waals surface area contributed by atoms with Gasteiger partial charge in [0.15, 0.2) is 0 Å². The molecule has 0 spiro atoms. The molecular weight excluding hydrogens is 394 g/mol. The molecule has 1 heterocycles. The van der Waals surface area contributed by atoms with Crippen LogP contribution in [0, 0.1) is 0 Å². The van der Waals surface area contributed by atoms with Crippen molar-refractivity contribution in [3.63, 3.8) is 0 Å². The Hall–Kier alpha value is -1.99. The molecule has 0 saturated carbocycles. The van der Waals surface area contributed by atoms with Crippen LogP contribution >= 0.6 is 12.4 Å². The van der Waals surface area contributed by atoms with Gasteiger partial charge in [0.05, 0.1) is 4.90 Å². The molecule has 2 aromatic carbocycles. The largest absolute Gasteiger partial charge is 0.312 e. The monoisotopic (exact) mass is 417 g/mol. The van der Waals surface area contributed by atoms with Gasteiger partial charge in [0, 0.05) is 36.4 Å². The van der Waals surface area contributed by atoms with E-state index in [4.69, 9.17) is 0 Å². The summed E-state index contributed by atoms with van der Waals surface area (Å²) < 4.78 is 28.2. The zero-order valence-electron chi connectivity index (χ0n) is 15.6. The Balaban J connectivity index is 0.00000225. The summed E-state index contributed by atoms with van der Waals surface area (Å²) in [5.41, 5.74) is 2.77. The van der Waals surface area contributed by atoms with Crippen molar-refractivity contribution in [2.24, 2.45) is 0 Å². The Bertz CT molecular complexity index is 1050. The molecule has 0 fully saturated rings. The first-order chi connectivity index (χ1) is 13.0. The molecule has 28 heavy (non-hydrogen) atoms. The van der Waals surface area contributed by atoms with Gasteiger partial charge in [-0.15, -0.1) is 12.4 Å². The SMILES string of the molecule is C[C@H](CNC1Cc2ccccc2C1)NS(=O)(=O)c1ccc2cnccc2c1.Cl. The second kappa shape index (κ2) is 8.57. The lowest BCUT2D eigenvalue weighted by molar-refractivity contribution is 0.482. The van der Waals surface area contributed by atoms with Crippen LogP contribution in [0.2, 0.25) is 0 Å². The molecule has 1 aliphatic rings. The topological polar surface area (TPSA) is 71.1 Å². The quantitative estimate of drug-likeness (QED) is 0.646. The van der Waals surface area contributed by atoms with E-state index < -0.39 is 10.0 Å². The maximum absolute atomic E-state index is 12.7. The number of hydrogen-bond donors (Lipinski definition) is 2. The van der Waals surface area contributed by atoms with Crippen LogP contribution in [0.4, 0.5) is 0 Å². The lowest BCUT2D eigenvalue weighted by Gasteiger charge is -2.18. The molecule has 3 aromatic rings. The molecule has 2 N–H and O–H groups in total. The van der Waals surface area contributed by atoms with Crippen molar-refractivity contribution >= 4 is 33.2 Å². The van der Waals surface area contributed by atoms with Gasteiger partial charge in [-0.05, 0) is 54.5 Å². The van der Waals surface area contributed by atoms with Gasteiger partial charge in [0.1, 0.15) is 0 Å². The van der Waals surface area contributed by atoms with Gasteiger partial charge < -0.3 is 5.32 Å². The summed E-state index contributed by atoms with van der Waals surface area (Å²) in [5, 5.41) is 5.28. The van der Waals surface area contributed by atoms with Gasteiger partial charge in [0.2, 0.25) is 10.0 Å². The van der Waals surface area contributed by atoms with E-state index in [2.05, 4.69) is 39.3 Å². The fraction of sp³-hybridized carbons (Fsp3) is 0.286. The predicted molar refractivity (Wildman–Crippen MR) is 114 cm³/mol. The highest BCUT2D eigenvalue weighted by Gasteiger charge is 2.22. The fourth-order valence-corrected chi connectivity index (χ4v) is 4.93. The maximum atomic E-state index is 12.7. The van der Waals surface area contributed by atoms with E-state index in [1.54, 1.807) is 30.6 Å². The van der Waals surface area contributed by atoms with Crippen LogP contribution in [-0.4, -0.2) is 32.0 Å². The van der Waals surface area contributed by atoms with Crippen LogP contribution in [0.25, 0.3) is 10.8 Å². The number of nitrogens with zero attached hydrogens (tertiary/aromatic N) is 1. The average Bonchev–Trinajstić information content (AvgIpc) is 3.09. The molecule has 4 rings (SSSR count). The van der Waals surface area contributed by atoms with E-state index in [-0.39, 0.29) is 23.3 Å². The lowest BCUT2D eigenvalue weighted by atomic mass is 10.1. The molecule has 0 bridgehead atoms. The standard InChI is InChI=1S/C21H23N3O2S.ClH/c1-15(13-23-20-10-16-4-2-3-5-17(16)11-20)24-27(25,26)21-7-6-19-14-22-9-8-18(19)12-21;/h2-9,12,14-15,20,23-24H,10-11,13H2,1H3;1H/t15-;/m1./s1. The first-order valence-electron chi connectivity index (χ1n) is 9.17. The van der Waals surface area contributed by atoms with Crippen LogP contribution in [0.3, 0.4) is 0 Å². The molecule has 0 amide bonds. The van der Waals surface area contributed by atoms with Gasteiger partial charge in [-0.3, -0.25) is 4.98 Å². The Kier molecular flexibility index (Phi) is 6.35. The molecule has 5 nitrogen and oxygen atoms in total. The molecule has 1 aromatic heterocycles. The number of sulfonamides is 1. The van der Waals surface area contributed by atoms with Crippen LogP contribution < -0.4 is 10.0 Å². The van der Waals surface area contributed by atoms with Crippen LogP contribution in [0.1, 0.15) is 18.1 Å². The van der Waals surface area contributed by atoms with Gasteiger partial charge in [-0.25, -0.2) is 13.1 Å². The minimum atomic E-state index is -3.56. The highest BCUT2D eigenvalue weighted by atomic mass is 35.5. The highest BCUT2D eigenvalue weighted by Crippen LogP contribution is 2.22. The third-order valence-electron chi connectivity index (χ3n) is 5.04. The van der Waals surface area contributed by atoms with Crippen molar-refractivity contribution < 1.29 is 8.42 Å². The third kappa shape index (κ3) is 4.52. The minimum absolute atomic E-state index is 0. The van der Waals surface area contributed by atoms with E-state index in [1.165, 1.54) is 11.1 Å². The lowest BCUT2D eigenvalue weighted by Crippen LogP contribution is -2.43. The summed E-state index contributed by atoms with van der Waals surface area (Å²) >= 11 is 0. The first kappa shape index (κ1) is 20.7. The summed E-state index contributed by atoms with van der Waals surface area (Å²) in [6.07, 6.45) is 5.38. The molecule has 0 radical (unpaired) electrons. The van der Waals surface area contributed by atoms with Crippen molar-refractivity contribution in [3.05, 3.63) is 72.1 Å². The van der Waals surface area contributed by atoms with E-state index >= 15 is 0 Å². The van der Waals surface area contributed by atoms with Gasteiger partial charge in [-0.2, -0.15) is 0 Å². The Labute approximate surface area is 172 Å². The molecule has 1 atom stereocenters. The van der Waals surface area contributed by atoms with Gasteiger partial charge in [0.25, 0.3) is 0 Å². The number of hydrogen-bond acceptors (Lipinski definition) is 4. The van der Waals surface area contributed by atoms with E-state index in [0.29, 0.717) is 12.6 Å². The van der Waals surface area contributed by atoms with E-state index in [1.807, 2.05) is 13.0 Å². The Morgan fingerprint density at radius 3 is 2.50 bits per heavy atom. The van der Waals surface area contributed by atoms with Crippen molar-refractivity contribution in [1.82, 2.24) is 15.0 Å². The summed E-state index contributed by atoms with van der Waals surface area (Å²) in [6, 6.07) is 15.5. The Morgan fingerprint density at radius 2 is 1.79 bits per heavy atom. The average molecular weight is 418 g/mol. The summed E-state index contributed by atoms with van der Waals surface area (Å²) in [5.74, 6) is 0. The molecule has 7 heteroatoms. The van der Waals surface area contributed by atoms with Crippen molar-refractivity contribution in [2.45, 2.75) is 36.7 Å². The minimum Gasteiger partial charge on any atom is -0.312 e. The van der Waals surface area contributed by atoms with E-state index in [9.17, 15) is 8.42 Å². The van der Waals surface area contributed by atoms with Crippen molar-refractivity contribution in [3.8, 4) is 0 Å². The summed E-state index contributed by atoms with van der Waals surface area (Å²) in [6.45, 7) is 2.48. The normalized spacial score (nSPS) is 15.2.